The summed E-state index contributed by atoms with van der Waals surface area (Å²) in [5.74, 6) is 2.06. The van der Waals surface area contributed by atoms with Crippen LogP contribution < -0.4 is 14.8 Å². The maximum atomic E-state index is 12.8. The Bertz CT molecular complexity index is 1920. The summed E-state index contributed by atoms with van der Waals surface area (Å²) in [5.41, 5.74) is 11.0. The molecule has 43 heavy (non-hydrogen) atoms. The maximum absolute atomic E-state index is 12.8. The zero-order valence-electron chi connectivity index (χ0n) is 25.2. The van der Waals surface area contributed by atoms with E-state index >= 15 is 0 Å². The van der Waals surface area contributed by atoms with Gasteiger partial charge in [0, 0.05) is 28.8 Å². The van der Waals surface area contributed by atoms with E-state index in [0.29, 0.717) is 6.42 Å². The van der Waals surface area contributed by atoms with Crippen molar-refractivity contribution >= 4 is 36.1 Å². The Morgan fingerprint density at radius 1 is 0.698 bits per heavy atom. The first-order valence-electron chi connectivity index (χ1n) is 15.4. The SMILES string of the molecule is Cc1ccc2c(c1)C1(c3ccccc3Oc3ccccc31)c1cc([Si](C)(C)C)ccc1N2c1ccc2c(c1)CCCC2=O. The average molecular weight is 578 g/mol. The maximum Gasteiger partial charge on any atom is 0.163 e. The summed E-state index contributed by atoms with van der Waals surface area (Å²) in [7, 11) is -1.67. The molecular formula is C39H35NO2Si. The fourth-order valence-electron chi connectivity index (χ4n) is 7.54. The third-order valence-electron chi connectivity index (χ3n) is 9.60. The van der Waals surface area contributed by atoms with E-state index in [1.54, 1.807) is 0 Å². The molecule has 4 heteroatoms. The molecule has 5 aromatic rings. The van der Waals surface area contributed by atoms with Crippen molar-refractivity contribution in [3.05, 3.63) is 142 Å². The van der Waals surface area contributed by atoms with E-state index in [2.05, 4.69) is 135 Å². The van der Waals surface area contributed by atoms with Crippen LogP contribution in [0.25, 0.3) is 0 Å². The number of nitrogens with zero attached hydrogens (tertiary/aromatic N) is 1. The number of para-hydroxylation sites is 2. The number of ether oxygens (including phenoxy) is 1. The van der Waals surface area contributed by atoms with Crippen LogP contribution in [0.5, 0.6) is 11.5 Å². The molecule has 0 saturated heterocycles. The zero-order chi connectivity index (χ0) is 29.5. The number of carbonyl (C=O) groups is 1. The monoisotopic (exact) mass is 577 g/mol. The highest BCUT2D eigenvalue weighted by Gasteiger charge is 2.51. The fraction of sp³-hybridized carbons (Fsp3) is 0.205. The lowest BCUT2D eigenvalue weighted by Gasteiger charge is -2.49. The molecule has 8 rings (SSSR count). The van der Waals surface area contributed by atoms with Crippen LogP contribution in [-0.2, 0) is 11.8 Å². The lowest BCUT2D eigenvalue weighted by Crippen LogP contribution is -2.43. The van der Waals surface area contributed by atoms with E-state index in [1.165, 1.54) is 38.7 Å². The second kappa shape index (κ2) is 9.29. The summed E-state index contributed by atoms with van der Waals surface area (Å²) in [6.45, 7) is 9.46. The van der Waals surface area contributed by atoms with Crippen LogP contribution in [-0.4, -0.2) is 13.9 Å². The molecule has 0 fully saturated rings. The molecule has 2 heterocycles. The van der Waals surface area contributed by atoms with E-state index in [9.17, 15) is 4.79 Å². The van der Waals surface area contributed by atoms with Crippen molar-refractivity contribution < 1.29 is 9.53 Å². The highest BCUT2D eigenvalue weighted by Crippen LogP contribution is 2.62. The van der Waals surface area contributed by atoms with E-state index in [4.69, 9.17) is 4.74 Å². The Morgan fingerprint density at radius 2 is 1.35 bits per heavy atom. The largest absolute Gasteiger partial charge is 0.457 e. The number of rotatable bonds is 2. The van der Waals surface area contributed by atoms with Crippen molar-refractivity contribution in [3.8, 4) is 11.5 Å². The summed E-state index contributed by atoms with van der Waals surface area (Å²) >= 11 is 0. The molecule has 0 saturated carbocycles. The fourth-order valence-corrected chi connectivity index (χ4v) is 8.70. The van der Waals surface area contributed by atoms with Crippen molar-refractivity contribution in [3.63, 3.8) is 0 Å². The van der Waals surface area contributed by atoms with Crippen LogP contribution in [0.1, 0.15) is 56.6 Å². The molecule has 0 radical (unpaired) electrons. The molecule has 5 aromatic carbocycles. The van der Waals surface area contributed by atoms with E-state index < -0.39 is 13.5 Å². The van der Waals surface area contributed by atoms with Gasteiger partial charge in [0.25, 0.3) is 0 Å². The van der Waals surface area contributed by atoms with Crippen molar-refractivity contribution in [2.45, 2.75) is 51.2 Å². The molecule has 3 nitrogen and oxygen atoms in total. The summed E-state index contributed by atoms with van der Waals surface area (Å²) in [4.78, 5) is 15.2. The highest BCUT2D eigenvalue weighted by molar-refractivity contribution is 6.88. The molecule has 0 unspecified atom stereocenters. The van der Waals surface area contributed by atoms with Gasteiger partial charge in [-0.3, -0.25) is 4.79 Å². The van der Waals surface area contributed by atoms with Crippen LogP contribution in [0.3, 0.4) is 0 Å². The van der Waals surface area contributed by atoms with E-state index in [-0.39, 0.29) is 5.78 Å². The van der Waals surface area contributed by atoms with Gasteiger partial charge in [0.05, 0.1) is 24.9 Å². The Labute approximate surface area is 254 Å². The van der Waals surface area contributed by atoms with Gasteiger partial charge >= 0.3 is 0 Å². The zero-order valence-corrected chi connectivity index (χ0v) is 26.2. The highest BCUT2D eigenvalue weighted by atomic mass is 28.3. The number of benzene rings is 5. The van der Waals surface area contributed by atoms with Crippen LogP contribution >= 0.6 is 0 Å². The summed E-state index contributed by atoms with van der Waals surface area (Å²) < 4.78 is 6.61. The molecule has 3 aliphatic rings. The second-order valence-electron chi connectivity index (χ2n) is 13.3. The van der Waals surface area contributed by atoms with E-state index in [0.717, 1.165) is 46.8 Å². The van der Waals surface area contributed by atoms with Gasteiger partial charge in [0.2, 0.25) is 0 Å². The topological polar surface area (TPSA) is 29.5 Å². The number of hydrogen-bond donors (Lipinski definition) is 0. The Hall–Kier alpha value is -4.41. The van der Waals surface area contributed by atoms with Crippen LogP contribution in [0, 0.1) is 6.92 Å². The summed E-state index contributed by atoms with van der Waals surface area (Å²) in [6.07, 6.45) is 2.49. The second-order valence-corrected chi connectivity index (χ2v) is 18.4. The summed E-state index contributed by atoms with van der Waals surface area (Å²) in [5, 5.41) is 1.43. The number of Topliss-reactive ketones (excluding diaryl/α,β-unsaturated/α-hetero) is 1. The van der Waals surface area contributed by atoms with Gasteiger partial charge in [0.1, 0.15) is 11.5 Å². The average Bonchev–Trinajstić information content (AvgIpc) is 3.00. The van der Waals surface area contributed by atoms with Crippen LogP contribution in [0.4, 0.5) is 17.1 Å². The smallest absolute Gasteiger partial charge is 0.163 e. The van der Waals surface area contributed by atoms with Crippen LogP contribution in [0.2, 0.25) is 19.6 Å². The van der Waals surface area contributed by atoms with Crippen molar-refractivity contribution in [1.29, 1.82) is 0 Å². The molecular weight excluding hydrogens is 543 g/mol. The Morgan fingerprint density at radius 3 is 2.05 bits per heavy atom. The van der Waals surface area contributed by atoms with Gasteiger partial charge in [-0.1, -0.05) is 91.1 Å². The molecule has 0 N–H and O–H groups in total. The Kier molecular flexibility index (Phi) is 5.67. The molecule has 0 amide bonds. The first-order chi connectivity index (χ1) is 20.8. The first-order valence-corrected chi connectivity index (χ1v) is 18.9. The third-order valence-corrected chi connectivity index (χ3v) is 11.6. The predicted octanol–water partition coefficient (Wildman–Crippen LogP) is 9.33. The lowest BCUT2D eigenvalue weighted by atomic mass is 9.61. The number of carbonyl (C=O) groups excluding carboxylic acids is 1. The number of ketones is 1. The number of hydrogen-bond acceptors (Lipinski definition) is 3. The van der Waals surface area contributed by atoms with Gasteiger partial charge < -0.3 is 9.64 Å². The normalized spacial score (nSPS) is 16.0. The van der Waals surface area contributed by atoms with Crippen molar-refractivity contribution in [2.75, 3.05) is 4.90 Å². The molecule has 1 spiro atoms. The number of aryl methyl sites for hydroxylation is 2. The quantitative estimate of drug-likeness (QED) is 0.192. The number of anilines is 3. The number of fused-ring (bicyclic) bond motifs is 9. The molecule has 212 valence electrons. The standard InChI is InChI=1S/C39H35NO2Si/c1-25-16-20-34-32(22-25)39(30-11-5-7-14-37(30)42-38-15-8-6-12-31(38)39)33-24-28(43(2,3)4)18-21-35(33)40(34)27-17-19-29-26(23-27)10-9-13-36(29)41/h5-8,11-12,14-24H,9-10,13H2,1-4H3. The predicted molar refractivity (Wildman–Crippen MR) is 178 cm³/mol. The lowest BCUT2D eigenvalue weighted by molar-refractivity contribution is 0.0972. The molecule has 2 aliphatic heterocycles. The minimum absolute atomic E-state index is 0.261. The molecule has 0 bridgehead atoms. The first kappa shape index (κ1) is 26.2. The van der Waals surface area contributed by atoms with Crippen molar-refractivity contribution in [2.24, 2.45) is 0 Å². The molecule has 0 aromatic heterocycles. The van der Waals surface area contributed by atoms with Gasteiger partial charge in [-0.2, -0.15) is 0 Å². The van der Waals surface area contributed by atoms with Crippen LogP contribution in [0.15, 0.2) is 103 Å². The minimum Gasteiger partial charge on any atom is -0.457 e. The van der Waals surface area contributed by atoms with E-state index in [1.807, 2.05) is 0 Å². The third kappa shape index (κ3) is 3.76. The van der Waals surface area contributed by atoms with Crippen molar-refractivity contribution in [1.82, 2.24) is 0 Å². The minimum atomic E-state index is -1.67. The van der Waals surface area contributed by atoms with Gasteiger partial charge in [-0.05, 0) is 78.9 Å². The Balaban J connectivity index is 1.52. The van der Waals surface area contributed by atoms with Gasteiger partial charge in [0.15, 0.2) is 5.78 Å². The van der Waals surface area contributed by atoms with Gasteiger partial charge in [-0.15, -0.1) is 0 Å². The van der Waals surface area contributed by atoms with Gasteiger partial charge in [-0.25, -0.2) is 0 Å². The molecule has 1 aliphatic carbocycles. The summed E-state index contributed by atoms with van der Waals surface area (Å²) in [6, 6.07) is 37.7. The molecule has 0 atom stereocenters.